The Hall–Kier alpha value is -2.49. The summed E-state index contributed by atoms with van der Waals surface area (Å²) in [5, 5.41) is 4.18. The van der Waals surface area contributed by atoms with E-state index >= 15 is 0 Å². The minimum Gasteiger partial charge on any atom is -0.492 e. The van der Waals surface area contributed by atoms with Crippen molar-refractivity contribution in [2.45, 2.75) is 6.54 Å². The first-order valence-electron chi connectivity index (χ1n) is 6.55. The van der Waals surface area contributed by atoms with E-state index in [0.717, 1.165) is 23.4 Å². The molecule has 0 bridgehead atoms. The van der Waals surface area contributed by atoms with Gasteiger partial charge in [0.2, 0.25) is 0 Å². The van der Waals surface area contributed by atoms with Crippen molar-refractivity contribution in [3.05, 3.63) is 61.2 Å². The Morgan fingerprint density at radius 1 is 1.20 bits per heavy atom. The molecular weight excluding hydrogens is 250 g/mol. The Morgan fingerprint density at radius 3 is 2.80 bits per heavy atom. The molecule has 0 aliphatic heterocycles. The van der Waals surface area contributed by atoms with E-state index in [1.807, 2.05) is 62.2 Å². The molecule has 0 saturated heterocycles. The van der Waals surface area contributed by atoms with Crippen molar-refractivity contribution >= 4 is 0 Å². The van der Waals surface area contributed by atoms with Gasteiger partial charge in [-0.05, 0) is 42.0 Å². The molecule has 0 amide bonds. The molecule has 4 heteroatoms. The Morgan fingerprint density at radius 2 is 2.05 bits per heavy atom. The smallest absolute Gasteiger partial charge is 0.120 e. The van der Waals surface area contributed by atoms with Gasteiger partial charge < -0.3 is 9.30 Å². The van der Waals surface area contributed by atoms with Crippen LogP contribution in [0.5, 0.6) is 5.75 Å². The highest BCUT2D eigenvalue weighted by molar-refractivity contribution is 5.63. The second-order valence-electron chi connectivity index (χ2n) is 4.63. The number of ether oxygens (including phenoxy) is 1. The summed E-state index contributed by atoms with van der Waals surface area (Å²) in [7, 11) is 1.91. The van der Waals surface area contributed by atoms with E-state index < -0.39 is 0 Å². The normalized spacial score (nSPS) is 10.7. The minimum absolute atomic E-state index is 0.638. The minimum atomic E-state index is 0.638. The topological polar surface area (TPSA) is 32.0 Å². The Kier molecular flexibility index (Phi) is 3.54. The lowest BCUT2D eigenvalue weighted by molar-refractivity contribution is 0.298. The lowest BCUT2D eigenvalue weighted by Gasteiger charge is -2.08. The summed E-state index contributed by atoms with van der Waals surface area (Å²) in [5.74, 6) is 0.832. The summed E-state index contributed by atoms with van der Waals surface area (Å²) in [6, 6.07) is 12.9. The molecule has 0 fully saturated rings. The first kappa shape index (κ1) is 12.5. The van der Waals surface area contributed by atoms with E-state index in [2.05, 4.69) is 15.7 Å². The predicted molar refractivity (Wildman–Crippen MR) is 77.4 cm³/mol. The fourth-order valence-electron chi connectivity index (χ4n) is 2.06. The second kappa shape index (κ2) is 5.65. The Labute approximate surface area is 118 Å². The van der Waals surface area contributed by atoms with Crippen LogP contribution < -0.4 is 4.74 Å². The van der Waals surface area contributed by atoms with Crippen LogP contribution in [-0.2, 0) is 13.6 Å². The zero-order chi connectivity index (χ0) is 13.8. The van der Waals surface area contributed by atoms with Crippen molar-refractivity contribution in [2.24, 2.45) is 7.05 Å². The fourth-order valence-corrected chi connectivity index (χ4v) is 2.06. The maximum absolute atomic E-state index is 5.77. The van der Waals surface area contributed by atoms with Gasteiger partial charge in [-0.25, -0.2) is 0 Å². The third kappa shape index (κ3) is 2.91. The molecule has 3 rings (SSSR count). The van der Waals surface area contributed by atoms with Crippen LogP contribution in [0.2, 0.25) is 0 Å². The molecule has 20 heavy (non-hydrogen) atoms. The first-order valence-corrected chi connectivity index (χ1v) is 6.55. The molecule has 3 aromatic rings. The molecule has 1 aromatic carbocycles. The second-order valence-corrected chi connectivity index (χ2v) is 4.63. The molecular formula is C16H16N3O. The van der Waals surface area contributed by atoms with Gasteiger partial charge in [0, 0.05) is 31.2 Å². The average molecular weight is 266 g/mol. The number of rotatable bonds is 5. The number of aromatic nitrogens is 3. The third-order valence-electron chi connectivity index (χ3n) is 3.08. The largest absolute Gasteiger partial charge is 0.492 e. The zero-order valence-electron chi connectivity index (χ0n) is 11.4. The summed E-state index contributed by atoms with van der Waals surface area (Å²) in [6.45, 7) is 1.48. The molecule has 101 valence electrons. The number of aryl methyl sites for hydroxylation is 1. The van der Waals surface area contributed by atoms with Gasteiger partial charge in [-0.3, -0.25) is 4.68 Å². The number of hydrogen-bond acceptors (Lipinski definition) is 2. The van der Waals surface area contributed by atoms with Crippen molar-refractivity contribution in [1.82, 2.24) is 14.3 Å². The lowest BCUT2D eigenvalue weighted by atomic mass is 10.1. The van der Waals surface area contributed by atoms with Gasteiger partial charge >= 0.3 is 0 Å². The van der Waals surface area contributed by atoms with Crippen LogP contribution in [0.1, 0.15) is 0 Å². The van der Waals surface area contributed by atoms with Crippen molar-refractivity contribution < 1.29 is 4.74 Å². The Balaban J connectivity index is 1.65. The molecule has 0 atom stereocenters. The van der Waals surface area contributed by atoms with Crippen molar-refractivity contribution in [1.29, 1.82) is 0 Å². The zero-order valence-corrected chi connectivity index (χ0v) is 11.4. The monoisotopic (exact) mass is 266 g/mol. The lowest BCUT2D eigenvalue weighted by Crippen LogP contribution is -2.06. The van der Waals surface area contributed by atoms with Crippen LogP contribution in [0.3, 0.4) is 0 Å². The number of nitrogens with zero attached hydrogens (tertiary/aromatic N) is 3. The SMILES string of the molecule is Cn1cc(-c2c[c]cc(OCCn3cccc3)c2)cn1. The maximum Gasteiger partial charge on any atom is 0.120 e. The molecule has 2 aromatic heterocycles. The van der Waals surface area contributed by atoms with Gasteiger partial charge in [0.1, 0.15) is 12.4 Å². The first-order chi connectivity index (χ1) is 9.81. The van der Waals surface area contributed by atoms with Gasteiger partial charge in [-0.15, -0.1) is 0 Å². The maximum atomic E-state index is 5.77. The summed E-state index contributed by atoms with van der Waals surface area (Å²) < 4.78 is 9.65. The summed E-state index contributed by atoms with van der Waals surface area (Å²) >= 11 is 0. The summed E-state index contributed by atoms with van der Waals surface area (Å²) in [5.41, 5.74) is 2.14. The van der Waals surface area contributed by atoms with E-state index in [-0.39, 0.29) is 0 Å². The van der Waals surface area contributed by atoms with E-state index in [1.54, 1.807) is 4.68 Å². The van der Waals surface area contributed by atoms with Gasteiger partial charge in [0.25, 0.3) is 0 Å². The van der Waals surface area contributed by atoms with Gasteiger partial charge in [-0.2, -0.15) is 5.10 Å². The molecule has 0 saturated carbocycles. The highest BCUT2D eigenvalue weighted by atomic mass is 16.5. The standard InChI is InChI=1S/C16H16N3O/c1-18-13-15(12-17-18)14-5-4-6-16(11-14)20-10-9-19-7-2-3-8-19/h2-3,5-8,11-13H,9-10H2,1H3. The molecule has 2 heterocycles. The van der Waals surface area contributed by atoms with Crippen molar-refractivity contribution in [3.8, 4) is 16.9 Å². The van der Waals surface area contributed by atoms with Crippen molar-refractivity contribution in [2.75, 3.05) is 6.61 Å². The van der Waals surface area contributed by atoms with Crippen LogP contribution in [0.25, 0.3) is 11.1 Å². The van der Waals surface area contributed by atoms with Crippen LogP contribution >= 0.6 is 0 Å². The number of benzene rings is 1. The van der Waals surface area contributed by atoms with Gasteiger partial charge in [-0.1, -0.05) is 0 Å². The third-order valence-corrected chi connectivity index (χ3v) is 3.08. The van der Waals surface area contributed by atoms with E-state index in [9.17, 15) is 0 Å². The fraction of sp³-hybridized carbons (Fsp3) is 0.188. The highest BCUT2D eigenvalue weighted by Crippen LogP contribution is 2.22. The molecule has 0 aliphatic carbocycles. The average Bonchev–Trinajstić information content (AvgIpc) is 3.11. The van der Waals surface area contributed by atoms with Crippen LogP contribution in [0, 0.1) is 6.07 Å². The van der Waals surface area contributed by atoms with E-state index in [4.69, 9.17) is 4.74 Å². The molecule has 1 radical (unpaired) electrons. The molecule has 0 aliphatic rings. The van der Waals surface area contributed by atoms with Crippen LogP contribution in [0.4, 0.5) is 0 Å². The molecule has 4 nitrogen and oxygen atoms in total. The molecule has 0 unspecified atom stereocenters. The van der Waals surface area contributed by atoms with Crippen LogP contribution in [0.15, 0.2) is 55.1 Å². The molecule has 0 spiro atoms. The summed E-state index contributed by atoms with van der Waals surface area (Å²) in [4.78, 5) is 0. The highest BCUT2D eigenvalue weighted by Gasteiger charge is 2.02. The quantitative estimate of drug-likeness (QED) is 0.711. The predicted octanol–water partition coefficient (Wildman–Crippen LogP) is 2.77. The summed E-state index contributed by atoms with van der Waals surface area (Å²) in [6.07, 6.45) is 7.88. The Bertz CT molecular complexity index is 671. The number of hydrogen-bond donors (Lipinski definition) is 0. The molecule has 0 N–H and O–H groups in total. The van der Waals surface area contributed by atoms with E-state index in [1.165, 1.54) is 0 Å². The van der Waals surface area contributed by atoms with Crippen LogP contribution in [-0.4, -0.2) is 21.0 Å². The van der Waals surface area contributed by atoms with E-state index in [0.29, 0.717) is 6.61 Å². The van der Waals surface area contributed by atoms with Gasteiger partial charge in [0.15, 0.2) is 0 Å². The van der Waals surface area contributed by atoms with Crippen molar-refractivity contribution in [3.63, 3.8) is 0 Å². The van der Waals surface area contributed by atoms with Gasteiger partial charge in [0.05, 0.1) is 12.7 Å².